The Kier molecular flexibility index (Phi) is 4.90. The predicted octanol–water partition coefficient (Wildman–Crippen LogP) is 1.11. The molecule has 0 amide bonds. The van der Waals surface area contributed by atoms with Gasteiger partial charge in [0.1, 0.15) is 4.90 Å². The minimum atomic E-state index is -3.53. The number of hydrogen-bond donors (Lipinski definition) is 2. The van der Waals surface area contributed by atoms with E-state index < -0.39 is 10.0 Å². The Balaban J connectivity index is 2.30. The first-order chi connectivity index (χ1) is 9.59. The lowest BCUT2D eigenvalue weighted by molar-refractivity contribution is 0.315. The van der Waals surface area contributed by atoms with E-state index in [1.165, 1.54) is 12.4 Å². The van der Waals surface area contributed by atoms with Crippen LogP contribution in [0.25, 0.3) is 0 Å². The number of nitrogens with two attached hydrogens (primary N) is 1. The van der Waals surface area contributed by atoms with Gasteiger partial charge in [-0.25, -0.2) is 24.2 Å². The van der Waals surface area contributed by atoms with Crippen molar-refractivity contribution in [3.63, 3.8) is 0 Å². The molecule has 7 nitrogen and oxygen atoms in total. The summed E-state index contributed by atoms with van der Waals surface area (Å²) in [6.45, 7) is 2.59. The van der Waals surface area contributed by atoms with Crippen molar-refractivity contribution in [1.82, 2.24) is 14.3 Å². The SMILES string of the molecule is CCC1CCCCCN1S(=O)(=O)c1cnc(NN)nc1. The van der Waals surface area contributed by atoms with Gasteiger partial charge in [-0.3, -0.25) is 5.43 Å². The average Bonchev–Trinajstić information content (AvgIpc) is 2.73. The molecule has 0 bridgehead atoms. The second-order valence-corrected chi connectivity index (χ2v) is 6.80. The minimum Gasteiger partial charge on any atom is -0.292 e. The van der Waals surface area contributed by atoms with Crippen LogP contribution in [0.2, 0.25) is 0 Å². The van der Waals surface area contributed by atoms with Gasteiger partial charge in [0.05, 0.1) is 12.4 Å². The Hall–Kier alpha value is -1.25. The fraction of sp³-hybridized carbons (Fsp3) is 0.667. The molecule has 1 aliphatic rings. The first-order valence-electron chi connectivity index (χ1n) is 6.90. The molecule has 1 aromatic heterocycles. The maximum atomic E-state index is 12.7. The summed E-state index contributed by atoms with van der Waals surface area (Å²) >= 11 is 0. The zero-order chi connectivity index (χ0) is 14.6. The molecule has 3 N–H and O–H groups in total. The van der Waals surface area contributed by atoms with Crippen LogP contribution in [0.3, 0.4) is 0 Å². The molecule has 1 fully saturated rings. The van der Waals surface area contributed by atoms with E-state index in [1.54, 1.807) is 4.31 Å². The molecule has 0 radical (unpaired) electrons. The fourth-order valence-electron chi connectivity index (χ4n) is 2.53. The van der Waals surface area contributed by atoms with Crippen molar-refractivity contribution in [3.8, 4) is 0 Å². The molecule has 1 unspecified atom stereocenters. The topological polar surface area (TPSA) is 101 Å². The summed E-state index contributed by atoms with van der Waals surface area (Å²) in [5, 5.41) is 0. The largest absolute Gasteiger partial charge is 0.292 e. The van der Waals surface area contributed by atoms with Crippen LogP contribution in [-0.2, 0) is 10.0 Å². The quantitative estimate of drug-likeness (QED) is 0.638. The van der Waals surface area contributed by atoms with E-state index in [-0.39, 0.29) is 16.9 Å². The number of nitrogen functional groups attached to an aromatic ring is 1. The number of nitrogens with one attached hydrogen (secondary N) is 1. The highest BCUT2D eigenvalue weighted by Gasteiger charge is 2.31. The van der Waals surface area contributed by atoms with Gasteiger partial charge in [-0.2, -0.15) is 4.31 Å². The van der Waals surface area contributed by atoms with Gasteiger partial charge in [0.25, 0.3) is 0 Å². The van der Waals surface area contributed by atoms with Gasteiger partial charge < -0.3 is 0 Å². The summed E-state index contributed by atoms with van der Waals surface area (Å²) in [4.78, 5) is 7.88. The molecular weight excluding hydrogens is 278 g/mol. The summed E-state index contributed by atoms with van der Waals surface area (Å²) in [6.07, 6.45) is 7.40. The highest BCUT2D eigenvalue weighted by Crippen LogP contribution is 2.25. The van der Waals surface area contributed by atoms with Crippen molar-refractivity contribution in [1.29, 1.82) is 0 Å². The number of nitrogens with zero attached hydrogens (tertiary/aromatic N) is 3. The number of hydrogen-bond acceptors (Lipinski definition) is 6. The molecule has 8 heteroatoms. The lowest BCUT2D eigenvalue weighted by Crippen LogP contribution is -2.39. The molecule has 2 rings (SSSR count). The molecule has 1 atom stereocenters. The molecule has 20 heavy (non-hydrogen) atoms. The number of rotatable bonds is 4. The normalized spacial score (nSPS) is 21.4. The van der Waals surface area contributed by atoms with Gasteiger partial charge in [-0.15, -0.1) is 0 Å². The maximum Gasteiger partial charge on any atom is 0.246 e. The van der Waals surface area contributed by atoms with Crippen LogP contribution < -0.4 is 11.3 Å². The number of sulfonamides is 1. The molecule has 1 saturated heterocycles. The Morgan fingerprint density at radius 2 is 2.05 bits per heavy atom. The van der Waals surface area contributed by atoms with Gasteiger partial charge in [0.15, 0.2) is 0 Å². The molecule has 1 aromatic rings. The van der Waals surface area contributed by atoms with E-state index >= 15 is 0 Å². The Bertz CT molecular complexity index is 531. The van der Waals surface area contributed by atoms with E-state index in [9.17, 15) is 8.42 Å². The fourth-order valence-corrected chi connectivity index (χ4v) is 4.19. The number of anilines is 1. The smallest absolute Gasteiger partial charge is 0.246 e. The Labute approximate surface area is 119 Å². The van der Waals surface area contributed by atoms with Gasteiger partial charge in [0.2, 0.25) is 16.0 Å². The van der Waals surface area contributed by atoms with E-state index in [0.29, 0.717) is 6.54 Å². The molecule has 0 spiro atoms. The predicted molar refractivity (Wildman–Crippen MR) is 76.3 cm³/mol. The van der Waals surface area contributed by atoms with E-state index in [2.05, 4.69) is 15.4 Å². The zero-order valence-electron chi connectivity index (χ0n) is 11.6. The monoisotopic (exact) mass is 299 g/mol. The van der Waals surface area contributed by atoms with E-state index in [1.807, 2.05) is 6.92 Å². The van der Waals surface area contributed by atoms with Gasteiger partial charge in [-0.1, -0.05) is 19.8 Å². The molecule has 0 aliphatic carbocycles. The van der Waals surface area contributed by atoms with Crippen LogP contribution in [0.15, 0.2) is 17.3 Å². The maximum absolute atomic E-state index is 12.7. The van der Waals surface area contributed by atoms with Crippen molar-refractivity contribution in [3.05, 3.63) is 12.4 Å². The summed E-state index contributed by atoms with van der Waals surface area (Å²) < 4.78 is 27.0. The first kappa shape index (κ1) is 15.1. The molecule has 112 valence electrons. The van der Waals surface area contributed by atoms with Crippen LogP contribution in [0, 0.1) is 0 Å². The van der Waals surface area contributed by atoms with Crippen molar-refractivity contribution in [2.75, 3.05) is 12.0 Å². The van der Waals surface area contributed by atoms with Crippen molar-refractivity contribution >= 4 is 16.0 Å². The highest BCUT2D eigenvalue weighted by molar-refractivity contribution is 7.89. The number of hydrazine groups is 1. The summed E-state index contributed by atoms with van der Waals surface area (Å²) in [5.41, 5.74) is 2.28. The lowest BCUT2D eigenvalue weighted by Gasteiger charge is -2.28. The van der Waals surface area contributed by atoms with Crippen molar-refractivity contribution in [2.45, 2.75) is 50.0 Å². The van der Waals surface area contributed by atoms with Crippen LogP contribution in [0.4, 0.5) is 5.95 Å². The zero-order valence-corrected chi connectivity index (χ0v) is 12.4. The van der Waals surface area contributed by atoms with Crippen LogP contribution >= 0.6 is 0 Å². The van der Waals surface area contributed by atoms with Gasteiger partial charge >= 0.3 is 0 Å². The minimum absolute atomic E-state index is 0.0646. The molecule has 2 heterocycles. The third kappa shape index (κ3) is 3.08. The second-order valence-electron chi connectivity index (χ2n) is 4.91. The molecular formula is C12H21N5O2S. The average molecular weight is 299 g/mol. The van der Waals surface area contributed by atoms with Crippen LogP contribution in [0.5, 0.6) is 0 Å². The second kappa shape index (κ2) is 6.47. The summed E-state index contributed by atoms with van der Waals surface area (Å²) in [6, 6.07) is 0.0646. The van der Waals surface area contributed by atoms with Crippen LogP contribution in [0.1, 0.15) is 39.0 Å². The van der Waals surface area contributed by atoms with Gasteiger partial charge in [0, 0.05) is 12.6 Å². The van der Waals surface area contributed by atoms with E-state index in [0.717, 1.165) is 32.1 Å². The molecule has 0 saturated carbocycles. The standard InChI is InChI=1S/C12H21N5O2S/c1-2-10-6-4-3-5-7-17(10)20(18,19)11-8-14-12(16-13)15-9-11/h8-10H,2-7,13H2,1H3,(H,14,15,16). The van der Waals surface area contributed by atoms with Crippen molar-refractivity contribution < 1.29 is 8.42 Å². The lowest BCUT2D eigenvalue weighted by atomic mass is 10.1. The van der Waals surface area contributed by atoms with Crippen molar-refractivity contribution in [2.24, 2.45) is 5.84 Å². The Morgan fingerprint density at radius 1 is 1.35 bits per heavy atom. The Morgan fingerprint density at radius 3 is 2.65 bits per heavy atom. The summed E-state index contributed by atoms with van der Waals surface area (Å²) in [7, 11) is -3.53. The molecule has 0 aromatic carbocycles. The first-order valence-corrected chi connectivity index (χ1v) is 8.34. The number of aromatic nitrogens is 2. The molecule has 1 aliphatic heterocycles. The van der Waals surface area contributed by atoms with Crippen LogP contribution in [-0.4, -0.2) is 35.3 Å². The third-order valence-corrected chi connectivity index (χ3v) is 5.56. The third-order valence-electron chi connectivity index (χ3n) is 3.66. The van der Waals surface area contributed by atoms with Gasteiger partial charge in [-0.05, 0) is 19.3 Å². The van der Waals surface area contributed by atoms with E-state index in [4.69, 9.17) is 5.84 Å². The summed E-state index contributed by atoms with van der Waals surface area (Å²) in [5.74, 6) is 5.38. The highest BCUT2D eigenvalue weighted by atomic mass is 32.2.